The van der Waals surface area contributed by atoms with Crippen molar-refractivity contribution in [1.82, 2.24) is 19.9 Å². The number of anilines is 2. The molecular formula is C35H32Cl4F2N6O6. The van der Waals surface area contributed by atoms with Crippen LogP contribution in [0.3, 0.4) is 0 Å². The lowest BCUT2D eigenvalue weighted by atomic mass is 9.74. The average Bonchev–Trinajstić information content (AvgIpc) is 3.87. The number of carbonyl (C=O) groups excluding carboxylic acids is 2. The summed E-state index contributed by atoms with van der Waals surface area (Å²) < 4.78 is 38.7. The Labute approximate surface area is 322 Å². The fourth-order valence-corrected chi connectivity index (χ4v) is 8.10. The molecule has 280 valence electrons. The van der Waals surface area contributed by atoms with Gasteiger partial charge in [-0.15, -0.1) is 0 Å². The highest BCUT2D eigenvalue weighted by molar-refractivity contribution is 6.41. The highest BCUT2D eigenvalue weighted by Crippen LogP contribution is 2.50. The molecule has 0 spiro atoms. The molecule has 8 rings (SSSR count). The quantitative estimate of drug-likeness (QED) is 0.164. The summed E-state index contributed by atoms with van der Waals surface area (Å²) in [5.41, 5.74) is 1.92. The molecule has 4 aliphatic rings. The van der Waals surface area contributed by atoms with Gasteiger partial charge in [-0.25, -0.2) is 19.9 Å². The lowest BCUT2D eigenvalue weighted by Crippen LogP contribution is -2.41. The summed E-state index contributed by atoms with van der Waals surface area (Å²) in [5.74, 6) is -4.04. The van der Waals surface area contributed by atoms with Crippen molar-refractivity contribution >= 4 is 69.6 Å². The summed E-state index contributed by atoms with van der Waals surface area (Å²) in [6.45, 7) is 0. The molecule has 0 saturated carbocycles. The SMILES string of the molecule is C.O=C(Nc1cnc(Cl)c(Cl)c1)[C@@H]1[C@@H](c2ccnc(F)c2)[C@H]2O[C@@H]1C[C@@H]2O.O=C(Nc1cnc(Cl)c(Cl)c1)[C@H]1[C@H](c2ccnc(F)c2)[C@@H]2O[C@H]1C[C@H]2O. The number of nitrogens with zero attached hydrogens (tertiary/aromatic N) is 4. The topological polar surface area (TPSA) is 169 Å². The molecule has 2 amide bonds. The van der Waals surface area contributed by atoms with E-state index in [1.165, 1.54) is 49.1 Å². The van der Waals surface area contributed by atoms with Crippen molar-refractivity contribution in [3.8, 4) is 0 Å². The molecule has 0 aromatic carbocycles. The monoisotopic (exact) mass is 810 g/mol. The normalized spacial score (nSPS) is 29.2. The fraction of sp³-hybridized carbons (Fsp3) is 0.371. The highest BCUT2D eigenvalue weighted by atomic mass is 35.5. The summed E-state index contributed by atoms with van der Waals surface area (Å²) in [5, 5.41) is 26.6. The van der Waals surface area contributed by atoms with E-state index < -0.39 is 72.2 Å². The molecule has 4 bridgehead atoms. The summed E-state index contributed by atoms with van der Waals surface area (Å²) >= 11 is 23.4. The van der Waals surface area contributed by atoms with E-state index in [4.69, 9.17) is 55.9 Å². The maximum Gasteiger partial charge on any atom is 0.230 e. The third kappa shape index (κ3) is 7.96. The Balaban J connectivity index is 0.000000178. The van der Waals surface area contributed by atoms with Crippen molar-refractivity contribution in [2.45, 2.75) is 68.7 Å². The van der Waals surface area contributed by atoms with Gasteiger partial charge in [0.2, 0.25) is 23.7 Å². The van der Waals surface area contributed by atoms with Crippen molar-refractivity contribution in [2.24, 2.45) is 11.8 Å². The molecule has 4 N–H and O–H groups in total. The maximum absolute atomic E-state index is 13.6. The number of aromatic nitrogens is 4. The van der Waals surface area contributed by atoms with Crippen LogP contribution in [-0.2, 0) is 19.1 Å². The lowest BCUT2D eigenvalue weighted by Gasteiger charge is -2.30. The number of aliphatic hydroxyl groups excluding tert-OH is 2. The predicted molar refractivity (Wildman–Crippen MR) is 192 cm³/mol. The van der Waals surface area contributed by atoms with Crippen LogP contribution >= 0.6 is 46.4 Å². The van der Waals surface area contributed by atoms with Crippen LogP contribution in [0.4, 0.5) is 20.2 Å². The molecule has 0 unspecified atom stereocenters. The number of fused-ring (bicyclic) bond motifs is 4. The van der Waals surface area contributed by atoms with Gasteiger partial charge in [0.1, 0.15) is 10.3 Å². The summed E-state index contributed by atoms with van der Waals surface area (Å²) in [7, 11) is 0. The van der Waals surface area contributed by atoms with Crippen molar-refractivity contribution in [2.75, 3.05) is 10.6 Å². The largest absolute Gasteiger partial charge is 0.390 e. The first-order chi connectivity index (χ1) is 24.9. The van der Waals surface area contributed by atoms with Crippen LogP contribution in [0.2, 0.25) is 20.4 Å². The number of ether oxygens (including phenoxy) is 2. The zero-order valence-electron chi connectivity index (χ0n) is 26.5. The van der Waals surface area contributed by atoms with E-state index in [1.54, 1.807) is 12.1 Å². The Morgan fingerprint density at radius 1 is 0.679 bits per heavy atom. The van der Waals surface area contributed by atoms with E-state index in [0.29, 0.717) is 35.3 Å². The minimum atomic E-state index is -0.697. The van der Waals surface area contributed by atoms with Crippen molar-refractivity contribution in [3.05, 3.63) is 105 Å². The van der Waals surface area contributed by atoms with Crippen molar-refractivity contribution in [1.29, 1.82) is 0 Å². The smallest absolute Gasteiger partial charge is 0.230 e. The van der Waals surface area contributed by atoms with E-state index in [1.807, 2.05) is 0 Å². The number of amides is 2. The molecule has 12 nitrogen and oxygen atoms in total. The second-order valence-corrected chi connectivity index (χ2v) is 14.3. The van der Waals surface area contributed by atoms with E-state index in [9.17, 15) is 28.6 Å². The first-order valence-electron chi connectivity index (χ1n) is 16.0. The predicted octanol–water partition coefficient (Wildman–Crippen LogP) is 6.22. The van der Waals surface area contributed by atoms with Crippen molar-refractivity contribution < 1.29 is 38.1 Å². The van der Waals surface area contributed by atoms with Gasteiger partial charge in [0.15, 0.2) is 0 Å². The first kappa shape index (κ1) is 39.1. The van der Waals surface area contributed by atoms with Crippen LogP contribution in [0.1, 0.15) is 43.2 Å². The van der Waals surface area contributed by atoms with E-state index in [0.717, 1.165) is 0 Å². The molecule has 0 radical (unpaired) electrons. The zero-order valence-corrected chi connectivity index (χ0v) is 29.6. The first-order valence-corrected chi connectivity index (χ1v) is 17.5. The number of carbonyl (C=O) groups is 2. The average molecular weight is 812 g/mol. The van der Waals surface area contributed by atoms with Gasteiger partial charge in [0.05, 0.1) is 82.3 Å². The van der Waals surface area contributed by atoms with Gasteiger partial charge in [-0.1, -0.05) is 53.8 Å². The van der Waals surface area contributed by atoms with Gasteiger partial charge in [-0.3, -0.25) is 9.59 Å². The molecule has 53 heavy (non-hydrogen) atoms. The molecule has 0 aliphatic carbocycles. The molecule has 4 fully saturated rings. The Bertz CT molecular complexity index is 1880. The van der Waals surface area contributed by atoms with E-state index in [2.05, 4.69) is 30.6 Å². The number of hydrogen-bond donors (Lipinski definition) is 4. The number of nitrogens with one attached hydrogen (secondary N) is 2. The Morgan fingerprint density at radius 3 is 1.43 bits per heavy atom. The Hall–Kier alpha value is -3.60. The lowest BCUT2D eigenvalue weighted by molar-refractivity contribution is -0.122. The summed E-state index contributed by atoms with van der Waals surface area (Å²) in [4.78, 5) is 40.7. The fourth-order valence-electron chi connectivity index (χ4n) is 7.56. The Morgan fingerprint density at radius 2 is 1.08 bits per heavy atom. The minimum Gasteiger partial charge on any atom is -0.390 e. The number of pyridine rings is 4. The summed E-state index contributed by atoms with van der Waals surface area (Å²) in [6, 6.07) is 8.79. The second-order valence-electron chi connectivity index (χ2n) is 12.8. The van der Waals surface area contributed by atoms with Gasteiger partial charge >= 0.3 is 0 Å². The van der Waals surface area contributed by atoms with Crippen LogP contribution in [-0.4, -0.2) is 78.6 Å². The van der Waals surface area contributed by atoms with Crippen LogP contribution in [0.5, 0.6) is 0 Å². The number of hydrogen-bond acceptors (Lipinski definition) is 10. The molecule has 18 heteroatoms. The highest BCUT2D eigenvalue weighted by Gasteiger charge is 2.58. The van der Waals surface area contributed by atoms with Gasteiger partial charge in [0.25, 0.3) is 0 Å². The van der Waals surface area contributed by atoms with Crippen LogP contribution in [0.15, 0.2) is 61.2 Å². The molecule has 8 heterocycles. The van der Waals surface area contributed by atoms with Crippen LogP contribution in [0, 0.1) is 23.7 Å². The standard InChI is InChI=1S/2C17H14Cl2FN3O3.CH4/c2*18-9-4-8(6-22-16(9)19)23-17(25)14-11-5-10(24)15(26-11)13(14)7-1-2-21-12(20)3-7;/h2*1-4,6,10-11,13-15,24H,5H2,(H,23,25);1H4/t2*10-,11+,13+,14-,15-;/m10./s1. The third-order valence-corrected chi connectivity index (χ3v) is 11.0. The van der Waals surface area contributed by atoms with E-state index >= 15 is 0 Å². The van der Waals surface area contributed by atoms with Gasteiger partial charge in [0, 0.05) is 37.1 Å². The third-order valence-electron chi connectivity index (χ3n) is 9.66. The molecule has 4 aromatic heterocycles. The van der Waals surface area contributed by atoms with Gasteiger partial charge in [-0.05, 0) is 47.5 Å². The number of rotatable bonds is 6. The van der Waals surface area contributed by atoms with E-state index in [-0.39, 0.29) is 39.6 Å². The maximum atomic E-state index is 13.6. The molecule has 10 atom stereocenters. The Kier molecular flexibility index (Phi) is 11.8. The molecule has 4 aromatic rings. The van der Waals surface area contributed by atoms with Gasteiger partial charge in [-0.2, -0.15) is 8.78 Å². The number of aliphatic hydroxyl groups is 2. The molecular weight excluding hydrogens is 780 g/mol. The van der Waals surface area contributed by atoms with Crippen LogP contribution in [0.25, 0.3) is 0 Å². The second kappa shape index (κ2) is 16.0. The minimum absolute atomic E-state index is 0. The van der Waals surface area contributed by atoms with Crippen molar-refractivity contribution in [3.63, 3.8) is 0 Å². The van der Waals surface area contributed by atoms with Crippen LogP contribution < -0.4 is 10.6 Å². The number of halogens is 6. The van der Waals surface area contributed by atoms with Gasteiger partial charge < -0.3 is 30.3 Å². The molecule has 4 aliphatic heterocycles. The zero-order chi connectivity index (χ0) is 36.8. The molecule has 4 saturated heterocycles. The summed E-state index contributed by atoms with van der Waals surface area (Å²) in [6.07, 6.45) is 2.74.